The maximum Gasteiger partial charge on any atom is 0.235 e. The number of aromatic hydroxyl groups is 1. The topological polar surface area (TPSA) is 155 Å². The molecule has 0 radical (unpaired) electrons. The first kappa shape index (κ1) is 25.6. The van der Waals surface area contributed by atoms with Gasteiger partial charge in [-0.1, -0.05) is 11.8 Å². The second kappa shape index (κ2) is 8.27. The van der Waals surface area contributed by atoms with E-state index in [2.05, 4.69) is 11.8 Å². The fourth-order valence-corrected chi connectivity index (χ4v) is 5.76. The van der Waals surface area contributed by atoms with Gasteiger partial charge >= 0.3 is 0 Å². The van der Waals surface area contributed by atoms with Gasteiger partial charge in [0.15, 0.2) is 34.7 Å². The van der Waals surface area contributed by atoms with Gasteiger partial charge in [0.2, 0.25) is 5.91 Å². The molecule has 0 bridgehead atoms. The Morgan fingerprint density at radius 2 is 1.78 bits per heavy atom. The molecule has 0 heterocycles. The summed E-state index contributed by atoms with van der Waals surface area (Å²) in [5.74, 6) is -4.33. The molecule has 0 spiro atoms. The minimum atomic E-state index is -2.66. The monoisotopic (exact) mass is 494 g/mol. The Kier molecular flexibility index (Phi) is 5.88. The Labute approximate surface area is 209 Å². The zero-order chi connectivity index (χ0) is 26.9. The lowest BCUT2D eigenvalue weighted by molar-refractivity contribution is -0.175. The number of phenolic OH excluding ortho intramolecular Hbond substituents is 1. The molecule has 190 valence electrons. The molecule has 2 fully saturated rings. The number of primary amides is 1. The van der Waals surface area contributed by atoms with Crippen molar-refractivity contribution >= 4 is 34.7 Å². The molecule has 0 aromatic heterocycles. The van der Waals surface area contributed by atoms with E-state index in [9.17, 15) is 34.2 Å². The number of carbonyl (C=O) groups excluding carboxylic acids is 5. The van der Waals surface area contributed by atoms with Gasteiger partial charge in [0, 0.05) is 37.5 Å². The van der Waals surface area contributed by atoms with Gasteiger partial charge in [0.1, 0.15) is 5.75 Å². The molecule has 1 aromatic rings. The van der Waals surface area contributed by atoms with E-state index in [1.807, 2.05) is 20.8 Å². The molecule has 3 aliphatic rings. The van der Waals surface area contributed by atoms with Gasteiger partial charge in [0.25, 0.3) is 0 Å². The van der Waals surface area contributed by atoms with E-state index in [-0.39, 0.29) is 41.6 Å². The molecule has 36 heavy (non-hydrogen) atoms. The van der Waals surface area contributed by atoms with Crippen LogP contribution in [-0.4, -0.2) is 58.9 Å². The quantitative estimate of drug-likeness (QED) is 0.403. The van der Waals surface area contributed by atoms with Crippen LogP contribution < -0.4 is 10.6 Å². The number of benzene rings is 1. The Balaban J connectivity index is 1.86. The molecular weight excluding hydrogens is 464 g/mol. The standard InChI is InChI=1S/C27H30N2O7/c1-26(2,3)7-6-12-10-16(29(4)5)15-9-13-8-14-11-17(30)20(25(28)35)24(34)27(14,36)23(33)18(13)22(32)19(15)21(12)31/h10,13-14,18,20,31,36H,8-9,11H2,1-5H3,(H2,28,35)/t13-,14+,18?,20?,27+/m1/s1. The maximum absolute atomic E-state index is 13.8. The largest absolute Gasteiger partial charge is 0.506 e. The van der Waals surface area contributed by atoms with Crippen LogP contribution in [0.1, 0.15) is 55.1 Å². The fraction of sp³-hybridized carbons (Fsp3) is 0.519. The minimum absolute atomic E-state index is 0.0538. The normalized spacial score (nSPS) is 29.5. The highest BCUT2D eigenvalue weighted by atomic mass is 16.3. The molecule has 2 saturated carbocycles. The number of Topliss-reactive ketones (excluding diaryl/α,β-unsaturated/α-hetero) is 4. The first-order valence-corrected chi connectivity index (χ1v) is 11.9. The zero-order valence-electron chi connectivity index (χ0n) is 21.0. The number of hydrogen-bond donors (Lipinski definition) is 3. The third-order valence-electron chi connectivity index (χ3n) is 7.43. The van der Waals surface area contributed by atoms with Gasteiger partial charge in [-0.3, -0.25) is 24.0 Å². The Morgan fingerprint density at radius 1 is 1.14 bits per heavy atom. The summed E-state index contributed by atoms with van der Waals surface area (Å²) in [7, 11) is 3.58. The lowest BCUT2D eigenvalue weighted by Gasteiger charge is -2.48. The van der Waals surface area contributed by atoms with E-state index in [1.165, 1.54) is 0 Å². The lowest BCUT2D eigenvalue weighted by Crippen LogP contribution is -2.68. The van der Waals surface area contributed by atoms with Crippen LogP contribution in [0, 0.1) is 40.9 Å². The SMILES string of the molecule is CN(C)c1cc(C#CC(C)(C)C)c(O)c2c1C[C@H]1C[C@H]3CC(=O)C(C(N)=O)C(=O)[C@@]3(O)C(=O)C1C2=O. The van der Waals surface area contributed by atoms with Crippen LogP contribution >= 0.6 is 0 Å². The first-order valence-electron chi connectivity index (χ1n) is 11.9. The molecule has 4 N–H and O–H groups in total. The molecule has 4 rings (SSSR count). The van der Waals surface area contributed by atoms with Crippen LogP contribution in [0.25, 0.3) is 0 Å². The summed E-state index contributed by atoms with van der Waals surface area (Å²) >= 11 is 0. The van der Waals surface area contributed by atoms with E-state index >= 15 is 0 Å². The average Bonchev–Trinajstić information content (AvgIpc) is 2.74. The first-order chi connectivity index (χ1) is 16.6. The van der Waals surface area contributed by atoms with Crippen molar-refractivity contribution in [2.24, 2.45) is 34.8 Å². The molecule has 1 amide bonds. The van der Waals surface area contributed by atoms with E-state index in [1.54, 1.807) is 25.1 Å². The van der Waals surface area contributed by atoms with Crippen LogP contribution in [0.3, 0.4) is 0 Å². The van der Waals surface area contributed by atoms with Gasteiger partial charge in [-0.15, -0.1) is 0 Å². The molecule has 3 aliphatic carbocycles. The second-order valence-electron chi connectivity index (χ2n) is 11.3. The van der Waals surface area contributed by atoms with Crippen molar-refractivity contribution < 1.29 is 34.2 Å². The summed E-state index contributed by atoms with van der Waals surface area (Å²) in [5, 5.41) is 22.4. The number of hydrogen-bond acceptors (Lipinski definition) is 8. The number of nitrogens with zero attached hydrogens (tertiary/aromatic N) is 1. The number of phenols is 1. The van der Waals surface area contributed by atoms with Crippen LogP contribution in [0.5, 0.6) is 5.75 Å². The predicted octanol–water partition coefficient (Wildman–Crippen LogP) is 0.790. The summed E-state index contributed by atoms with van der Waals surface area (Å²) in [6, 6.07) is 1.70. The van der Waals surface area contributed by atoms with Crippen molar-refractivity contribution in [3.8, 4) is 17.6 Å². The van der Waals surface area contributed by atoms with Gasteiger partial charge in [-0.2, -0.15) is 0 Å². The van der Waals surface area contributed by atoms with Gasteiger partial charge in [-0.05, 0) is 51.2 Å². The Bertz CT molecular complexity index is 1290. The number of ketones is 4. The number of anilines is 1. The summed E-state index contributed by atoms with van der Waals surface area (Å²) in [5.41, 5.74) is 3.56. The highest BCUT2D eigenvalue weighted by molar-refractivity contribution is 6.31. The third-order valence-corrected chi connectivity index (χ3v) is 7.43. The van der Waals surface area contributed by atoms with E-state index in [0.29, 0.717) is 11.3 Å². The summed E-state index contributed by atoms with van der Waals surface area (Å²) in [6.07, 6.45) is -0.0844. The second-order valence-corrected chi connectivity index (χ2v) is 11.3. The van der Waals surface area contributed by atoms with Gasteiger partial charge < -0.3 is 20.8 Å². The molecule has 9 heteroatoms. The van der Waals surface area contributed by atoms with Crippen LogP contribution in [0.2, 0.25) is 0 Å². The number of amides is 1. The van der Waals surface area contributed by atoms with Gasteiger partial charge in [-0.25, -0.2) is 0 Å². The van der Waals surface area contributed by atoms with Crippen LogP contribution in [-0.2, 0) is 25.6 Å². The molecular formula is C27H30N2O7. The Morgan fingerprint density at radius 3 is 2.33 bits per heavy atom. The van der Waals surface area contributed by atoms with E-state index in [4.69, 9.17) is 5.73 Å². The van der Waals surface area contributed by atoms with Crippen molar-refractivity contribution in [3.63, 3.8) is 0 Å². The molecule has 1 aromatic carbocycles. The lowest BCUT2D eigenvalue weighted by atomic mass is 9.53. The van der Waals surface area contributed by atoms with Crippen molar-refractivity contribution in [3.05, 3.63) is 22.8 Å². The fourth-order valence-electron chi connectivity index (χ4n) is 5.76. The zero-order valence-corrected chi connectivity index (χ0v) is 21.0. The molecule has 5 atom stereocenters. The third kappa shape index (κ3) is 3.71. The van der Waals surface area contributed by atoms with Crippen LogP contribution in [0.4, 0.5) is 5.69 Å². The maximum atomic E-state index is 13.8. The summed E-state index contributed by atoms with van der Waals surface area (Å²) in [6.45, 7) is 5.71. The number of rotatable bonds is 2. The minimum Gasteiger partial charge on any atom is -0.506 e. The predicted molar refractivity (Wildman–Crippen MR) is 129 cm³/mol. The van der Waals surface area contributed by atoms with Gasteiger partial charge in [0.05, 0.1) is 17.0 Å². The number of fused-ring (bicyclic) bond motifs is 3. The van der Waals surface area contributed by atoms with Crippen molar-refractivity contribution in [1.82, 2.24) is 0 Å². The highest BCUT2D eigenvalue weighted by Gasteiger charge is 2.66. The van der Waals surface area contributed by atoms with Crippen molar-refractivity contribution in [2.45, 2.75) is 45.6 Å². The van der Waals surface area contributed by atoms with Crippen LogP contribution in [0.15, 0.2) is 6.07 Å². The van der Waals surface area contributed by atoms with E-state index < -0.39 is 58.3 Å². The molecule has 9 nitrogen and oxygen atoms in total. The van der Waals surface area contributed by atoms with E-state index in [0.717, 1.165) is 0 Å². The highest BCUT2D eigenvalue weighted by Crippen LogP contribution is 2.51. The summed E-state index contributed by atoms with van der Waals surface area (Å²) < 4.78 is 0. The molecule has 0 aliphatic heterocycles. The summed E-state index contributed by atoms with van der Waals surface area (Å²) in [4.78, 5) is 66.5. The number of nitrogens with two attached hydrogens (primary N) is 1. The number of carbonyl (C=O) groups is 5. The molecule has 2 unspecified atom stereocenters. The smallest absolute Gasteiger partial charge is 0.235 e. The number of aliphatic hydroxyl groups is 1. The van der Waals surface area contributed by atoms with Crippen molar-refractivity contribution in [2.75, 3.05) is 19.0 Å². The van der Waals surface area contributed by atoms with Crippen molar-refractivity contribution in [1.29, 1.82) is 0 Å². The molecule has 0 saturated heterocycles. The average molecular weight is 495 g/mol. The Hall–Kier alpha value is -3.51.